The van der Waals surface area contributed by atoms with Crippen molar-refractivity contribution in [3.05, 3.63) is 23.3 Å². The van der Waals surface area contributed by atoms with E-state index in [-0.39, 0.29) is 12.2 Å². The van der Waals surface area contributed by atoms with Crippen LogP contribution in [0.25, 0.3) is 0 Å². The van der Waals surface area contributed by atoms with Crippen molar-refractivity contribution in [2.45, 2.75) is 32.6 Å². The van der Waals surface area contributed by atoms with Crippen LogP contribution in [0.4, 0.5) is 11.4 Å². The molecule has 5 N–H and O–H groups in total. The number of carboxylic acid groups (broad SMARTS) is 1. The Bertz CT molecular complexity index is 433. The zero-order chi connectivity index (χ0) is 14.3. The number of rotatable bonds is 8. The molecule has 0 saturated heterocycles. The largest absolute Gasteiger partial charge is 0.478 e. The molecule has 1 aromatic rings. The summed E-state index contributed by atoms with van der Waals surface area (Å²) in [5.41, 5.74) is 7.74. The molecule has 19 heavy (non-hydrogen) atoms. The number of aryl methyl sites for hydroxylation is 1. The van der Waals surface area contributed by atoms with Crippen molar-refractivity contribution in [1.82, 2.24) is 0 Å². The summed E-state index contributed by atoms with van der Waals surface area (Å²) in [4.78, 5) is 11.0. The summed E-state index contributed by atoms with van der Waals surface area (Å²) in [6.45, 7) is 2.83. The molecule has 0 amide bonds. The van der Waals surface area contributed by atoms with Gasteiger partial charge in [0.2, 0.25) is 0 Å². The normalized spacial score (nSPS) is 10.4. The zero-order valence-electron chi connectivity index (χ0n) is 11.3. The van der Waals surface area contributed by atoms with Crippen molar-refractivity contribution in [3.8, 4) is 0 Å². The molecule has 0 heterocycles. The highest BCUT2D eigenvalue weighted by atomic mass is 16.4. The monoisotopic (exact) mass is 266 g/mol. The molecule has 0 saturated carbocycles. The van der Waals surface area contributed by atoms with Gasteiger partial charge in [-0.05, 0) is 37.5 Å². The Labute approximate surface area is 113 Å². The van der Waals surface area contributed by atoms with E-state index in [1.54, 1.807) is 13.0 Å². The van der Waals surface area contributed by atoms with Gasteiger partial charge in [0.1, 0.15) is 0 Å². The predicted molar refractivity (Wildman–Crippen MR) is 76.6 cm³/mol. The summed E-state index contributed by atoms with van der Waals surface area (Å²) >= 11 is 0. The van der Waals surface area contributed by atoms with E-state index in [9.17, 15) is 4.79 Å². The lowest BCUT2D eigenvalue weighted by atomic mass is 10.1. The second-order valence-electron chi connectivity index (χ2n) is 4.62. The molecule has 0 spiro atoms. The minimum absolute atomic E-state index is 0.141. The third kappa shape index (κ3) is 4.79. The third-order valence-corrected chi connectivity index (χ3v) is 3.03. The first-order valence-electron chi connectivity index (χ1n) is 6.54. The lowest BCUT2D eigenvalue weighted by Gasteiger charge is -2.11. The van der Waals surface area contributed by atoms with E-state index in [0.717, 1.165) is 43.5 Å². The van der Waals surface area contributed by atoms with E-state index in [2.05, 4.69) is 5.32 Å². The first kappa shape index (κ1) is 15.3. The highest BCUT2D eigenvalue weighted by Crippen LogP contribution is 2.22. The van der Waals surface area contributed by atoms with Gasteiger partial charge in [0, 0.05) is 24.5 Å². The number of anilines is 2. The lowest BCUT2D eigenvalue weighted by Crippen LogP contribution is -2.08. The number of nitrogens with one attached hydrogen (secondary N) is 1. The number of hydrogen-bond acceptors (Lipinski definition) is 4. The number of aromatic carboxylic acids is 1. The maximum Gasteiger partial charge on any atom is 0.337 e. The number of carbonyl (C=O) groups is 1. The minimum atomic E-state index is -1.01. The average Bonchev–Trinajstić information content (AvgIpc) is 2.37. The number of benzene rings is 1. The quantitative estimate of drug-likeness (QED) is 0.427. The molecule has 0 bridgehead atoms. The third-order valence-electron chi connectivity index (χ3n) is 3.03. The van der Waals surface area contributed by atoms with Gasteiger partial charge in [-0.25, -0.2) is 4.79 Å². The second kappa shape index (κ2) is 7.63. The molecule has 5 heteroatoms. The van der Waals surface area contributed by atoms with Crippen molar-refractivity contribution < 1.29 is 15.0 Å². The minimum Gasteiger partial charge on any atom is -0.478 e. The van der Waals surface area contributed by atoms with E-state index in [0.29, 0.717) is 5.69 Å². The van der Waals surface area contributed by atoms with Gasteiger partial charge >= 0.3 is 5.97 Å². The van der Waals surface area contributed by atoms with Crippen LogP contribution in [0, 0.1) is 6.92 Å². The molecule has 1 rings (SSSR count). The summed E-state index contributed by atoms with van der Waals surface area (Å²) in [5, 5.41) is 20.9. The van der Waals surface area contributed by atoms with Gasteiger partial charge in [-0.3, -0.25) is 0 Å². The molecule has 1 aromatic carbocycles. The van der Waals surface area contributed by atoms with Crippen molar-refractivity contribution >= 4 is 17.3 Å². The van der Waals surface area contributed by atoms with E-state index in [1.165, 1.54) is 0 Å². The molecular weight excluding hydrogens is 244 g/mol. The van der Waals surface area contributed by atoms with Crippen LogP contribution in [0.5, 0.6) is 0 Å². The SMILES string of the molecule is Cc1cc(NCCCCCCO)cc(C(=O)O)c1N. The van der Waals surface area contributed by atoms with E-state index in [4.69, 9.17) is 15.9 Å². The van der Waals surface area contributed by atoms with E-state index in [1.807, 2.05) is 6.07 Å². The van der Waals surface area contributed by atoms with Crippen LogP contribution in [-0.2, 0) is 0 Å². The molecule has 0 atom stereocenters. The fourth-order valence-corrected chi connectivity index (χ4v) is 1.90. The Morgan fingerprint density at radius 2 is 1.95 bits per heavy atom. The van der Waals surface area contributed by atoms with Gasteiger partial charge in [0.15, 0.2) is 0 Å². The van der Waals surface area contributed by atoms with Crippen molar-refractivity contribution in [1.29, 1.82) is 0 Å². The number of hydrogen-bond donors (Lipinski definition) is 4. The molecular formula is C14H22N2O3. The Balaban J connectivity index is 2.52. The first-order chi connectivity index (χ1) is 9.06. The fourth-order valence-electron chi connectivity index (χ4n) is 1.90. The van der Waals surface area contributed by atoms with E-state index >= 15 is 0 Å². The molecule has 0 aliphatic heterocycles. The average molecular weight is 266 g/mol. The van der Waals surface area contributed by atoms with Crippen LogP contribution in [-0.4, -0.2) is 29.3 Å². The van der Waals surface area contributed by atoms with Crippen LogP contribution in [0.2, 0.25) is 0 Å². The topological polar surface area (TPSA) is 95.6 Å². The Kier molecular flexibility index (Phi) is 6.15. The zero-order valence-corrected chi connectivity index (χ0v) is 11.3. The highest BCUT2D eigenvalue weighted by Gasteiger charge is 2.11. The molecule has 106 valence electrons. The molecule has 0 radical (unpaired) electrons. The van der Waals surface area contributed by atoms with Crippen LogP contribution < -0.4 is 11.1 Å². The van der Waals surface area contributed by atoms with Crippen molar-refractivity contribution in [2.24, 2.45) is 0 Å². The van der Waals surface area contributed by atoms with Gasteiger partial charge in [-0.1, -0.05) is 12.8 Å². The maximum atomic E-state index is 11.0. The van der Waals surface area contributed by atoms with Gasteiger partial charge in [-0.2, -0.15) is 0 Å². The van der Waals surface area contributed by atoms with E-state index < -0.39 is 5.97 Å². The highest BCUT2D eigenvalue weighted by molar-refractivity contribution is 5.95. The summed E-state index contributed by atoms with van der Waals surface area (Å²) in [7, 11) is 0. The molecule has 0 fully saturated rings. The van der Waals surface area contributed by atoms with Crippen molar-refractivity contribution in [3.63, 3.8) is 0 Å². The number of aliphatic hydroxyl groups is 1. The van der Waals surface area contributed by atoms with Gasteiger partial charge in [-0.15, -0.1) is 0 Å². The molecule has 0 aliphatic rings. The number of nitrogen functional groups attached to an aromatic ring is 1. The predicted octanol–water partition coefficient (Wildman–Crippen LogP) is 2.24. The van der Waals surface area contributed by atoms with Crippen LogP contribution in [0.15, 0.2) is 12.1 Å². The molecule has 0 aromatic heterocycles. The fraction of sp³-hybridized carbons (Fsp3) is 0.500. The summed E-state index contributed by atoms with van der Waals surface area (Å²) in [6, 6.07) is 3.42. The van der Waals surface area contributed by atoms with Gasteiger partial charge in [0.05, 0.1) is 5.56 Å². The van der Waals surface area contributed by atoms with Crippen LogP contribution in [0.1, 0.15) is 41.6 Å². The molecule has 0 aliphatic carbocycles. The van der Waals surface area contributed by atoms with Gasteiger partial charge < -0.3 is 21.3 Å². The summed E-state index contributed by atoms with van der Waals surface area (Å²) in [6.07, 6.45) is 3.89. The van der Waals surface area contributed by atoms with Crippen LogP contribution >= 0.6 is 0 Å². The second-order valence-corrected chi connectivity index (χ2v) is 4.62. The Morgan fingerprint density at radius 3 is 2.58 bits per heavy atom. The van der Waals surface area contributed by atoms with Gasteiger partial charge in [0.25, 0.3) is 0 Å². The molecule has 0 unspecified atom stereocenters. The van der Waals surface area contributed by atoms with Crippen molar-refractivity contribution in [2.75, 3.05) is 24.2 Å². The maximum absolute atomic E-state index is 11.0. The standard InChI is InChI=1S/C14H22N2O3/c1-10-8-11(9-12(13(10)15)14(18)19)16-6-4-2-3-5-7-17/h8-9,16-17H,2-7,15H2,1H3,(H,18,19). The lowest BCUT2D eigenvalue weighted by molar-refractivity contribution is 0.0698. The number of carboxylic acids is 1. The Morgan fingerprint density at radius 1 is 1.26 bits per heavy atom. The van der Waals surface area contributed by atoms with Crippen LogP contribution in [0.3, 0.4) is 0 Å². The summed E-state index contributed by atoms with van der Waals surface area (Å²) < 4.78 is 0. The smallest absolute Gasteiger partial charge is 0.337 e. The Hall–Kier alpha value is -1.75. The number of aliphatic hydroxyl groups excluding tert-OH is 1. The first-order valence-corrected chi connectivity index (χ1v) is 6.54. The molecule has 5 nitrogen and oxygen atoms in total. The summed E-state index contributed by atoms with van der Waals surface area (Å²) in [5.74, 6) is -1.01. The number of unbranched alkanes of at least 4 members (excludes halogenated alkanes) is 3. The number of nitrogens with two attached hydrogens (primary N) is 1.